The van der Waals surface area contributed by atoms with E-state index in [0.29, 0.717) is 12.3 Å². The van der Waals surface area contributed by atoms with Gasteiger partial charge in [0.05, 0.1) is 22.7 Å². The number of nitrogens with one attached hydrogen (secondary N) is 1. The van der Waals surface area contributed by atoms with Crippen LogP contribution in [0.4, 0.5) is 5.69 Å². The van der Waals surface area contributed by atoms with Gasteiger partial charge in [0.15, 0.2) is 0 Å². The molecule has 1 N–H and O–H groups in total. The van der Waals surface area contributed by atoms with Crippen molar-refractivity contribution in [3.05, 3.63) is 123 Å². The zero-order valence-corrected chi connectivity index (χ0v) is 29.8. The lowest BCUT2D eigenvalue weighted by molar-refractivity contribution is -0.140. The quantitative estimate of drug-likeness (QED) is 0.131. The van der Waals surface area contributed by atoms with Gasteiger partial charge in [-0.15, -0.1) is 0 Å². The van der Waals surface area contributed by atoms with Crippen LogP contribution in [0.15, 0.2) is 106 Å². The Bertz CT molecular complexity index is 1750. The van der Waals surface area contributed by atoms with E-state index >= 15 is 0 Å². The van der Waals surface area contributed by atoms with E-state index in [9.17, 15) is 18.0 Å². The summed E-state index contributed by atoms with van der Waals surface area (Å²) in [5.41, 5.74) is 2.71. The van der Waals surface area contributed by atoms with Crippen LogP contribution in [0.2, 0.25) is 5.02 Å². The molecule has 0 heterocycles. The average Bonchev–Trinajstić information content (AvgIpc) is 3.06. The number of methoxy groups -OCH3 is 1. The van der Waals surface area contributed by atoms with Crippen molar-refractivity contribution in [1.29, 1.82) is 0 Å². The zero-order chi connectivity index (χ0) is 34.0. The van der Waals surface area contributed by atoms with E-state index in [1.165, 1.54) is 30.2 Å². The third kappa shape index (κ3) is 9.59. The van der Waals surface area contributed by atoms with Gasteiger partial charge in [0.25, 0.3) is 10.0 Å². The Hall–Kier alpha value is -3.86. The summed E-state index contributed by atoms with van der Waals surface area (Å²) in [5, 5.41) is 3.18. The average molecular weight is 741 g/mol. The summed E-state index contributed by atoms with van der Waals surface area (Å²) in [7, 11) is -2.80. The highest BCUT2D eigenvalue weighted by atomic mass is 79.9. The molecule has 11 heteroatoms. The molecule has 0 saturated heterocycles. The number of benzene rings is 4. The molecule has 0 aliphatic rings. The summed E-state index contributed by atoms with van der Waals surface area (Å²) in [5.74, 6) is -0.506. The molecule has 0 aliphatic carbocycles. The first-order valence-corrected chi connectivity index (χ1v) is 17.9. The van der Waals surface area contributed by atoms with Crippen LogP contribution in [0.25, 0.3) is 0 Å². The molecule has 47 heavy (non-hydrogen) atoms. The maximum Gasteiger partial charge on any atom is 0.264 e. The van der Waals surface area contributed by atoms with Crippen molar-refractivity contribution in [2.75, 3.05) is 24.5 Å². The third-order valence-corrected chi connectivity index (χ3v) is 10.3. The van der Waals surface area contributed by atoms with Gasteiger partial charge >= 0.3 is 0 Å². The number of halogens is 2. The minimum absolute atomic E-state index is 0.0143. The zero-order valence-electron chi connectivity index (χ0n) is 26.7. The number of aryl methyl sites for hydroxylation is 1. The first kappa shape index (κ1) is 36.0. The SMILES string of the molecule is CCCCNC(=O)[C@@H](Cc1ccccc1)N(Cc1ccc(Br)cc1)C(=O)CN(c1ccc(OC)c(Cl)c1)S(=O)(=O)c1ccc(C)cc1. The molecule has 0 saturated carbocycles. The van der Waals surface area contributed by atoms with Gasteiger partial charge in [-0.05, 0) is 66.9 Å². The summed E-state index contributed by atoms with van der Waals surface area (Å²) in [6, 6.07) is 26.9. The smallest absolute Gasteiger partial charge is 0.264 e. The number of hydrogen-bond acceptors (Lipinski definition) is 5. The van der Waals surface area contributed by atoms with E-state index in [1.807, 2.05) is 68.4 Å². The van der Waals surface area contributed by atoms with E-state index in [2.05, 4.69) is 21.2 Å². The van der Waals surface area contributed by atoms with Crippen LogP contribution in [-0.2, 0) is 32.6 Å². The summed E-state index contributed by atoms with van der Waals surface area (Å²) < 4.78 is 35.6. The molecule has 2 amide bonds. The fourth-order valence-electron chi connectivity index (χ4n) is 5.02. The van der Waals surface area contributed by atoms with Gasteiger partial charge in [0.2, 0.25) is 11.8 Å². The number of sulfonamides is 1. The predicted molar refractivity (Wildman–Crippen MR) is 190 cm³/mol. The van der Waals surface area contributed by atoms with Crippen LogP contribution in [-0.4, -0.2) is 51.4 Å². The number of nitrogens with zero attached hydrogens (tertiary/aromatic N) is 2. The summed E-state index contributed by atoms with van der Waals surface area (Å²) in [4.78, 5) is 29.9. The van der Waals surface area contributed by atoms with Crippen molar-refractivity contribution < 1.29 is 22.7 Å². The van der Waals surface area contributed by atoms with Crippen LogP contribution >= 0.6 is 27.5 Å². The fraction of sp³-hybridized carbons (Fsp3) is 0.278. The van der Waals surface area contributed by atoms with Crippen LogP contribution in [0.3, 0.4) is 0 Å². The molecule has 0 unspecified atom stereocenters. The summed E-state index contributed by atoms with van der Waals surface area (Å²) >= 11 is 9.91. The van der Waals surface area contributed by atoms with Crippen molar-refractivity contribution in [1.82, 2.24) is 10.2 Å². The molecule has 0 spiro atoms. The Morgan fingerprint density at radius 1 is 0.936 bits per heavy atom. The Labute approximate surface area is 290 Å². The molecule has 8 nitrogen and oxygen atoms in total. The first-order chi connectivity index (χ1) is 22.5. The Morgan fingerprint density at radius 2 is 1.62 bits per heavy atom. The number of anilines is 1. The number of rotatable bonds is 15. The van der Waals surface area contributed by atoms with E-state index < -0.39 is 28.5 Å². The largest absolute Gasteiger partial charge is 0.495 e. The minimum Gasteiger partial charge on any atom is -0.495 e. The molecular weight excluding hydrogens is 702 g/mol. The van der Waals surface area contributed by atoms with Gasteiger partial charge in [-0.1, -0.05) is 101 Å². The van der Waals surface area contributed by atoms with Gasteiger partial charge in [0, 0.05) is 24.0 Å². The second-order valence-electron chi connectivity index (χ2n) is 11.1. The highest BCUT2D eigenvalue weighted by Crippen LogP contribution is 2.32. The molecule has 0 fully saturated rings. The summed E-state index contributed by atoms with van der Waals surface area (Å²) in [6.07, 6.45) is 1.91. The lowest BCUT2D eigenvalue weighted by atomic mass is 10.0. The molecule has 248 valence electrons. The number of amides is 2. The van der Waals surface area contributed by atoms with Crippen molar-refractivity contribution in [2.24, 2.45) is 0 Å². The van der Waals surface area contributed by atoms with E-state index in [0.717, 1.165) is 38.3 Å². The molecule has 0 radical (unpaired) electrons. The molecule has 0 aromatic heterocycles. The van der Waals surface area contributed by atoms with Crippen molar-refractivity contribution >= 4 is 55.1 Å². The lowest BCUT2D eigenvalue weighted by Gasteiger charge is -2.34. The van der Waals surface area contributed by atoms with E-state index in [-0.39, 0.29) is 34.5 Å². The topological polar surface area (TPSA) is 96.0 Å². The molecule has 1 atom stereocenters. The number of ether oxygens (including phenoxy) is 1. The van der Waals surface area contributed by atoms with Crippen molar-refractivity contribution in [3.8, 4) is 5.75 Å². The molecule has 4 aromatic carbocycles. The highest BCUT2D eigenvalue weighted by Gasteiger charge is 2.34. The van der Waals surface area contributed by atoms with E-state index in [1.54, 1.807) is 24.3 Å². The first-order valence-electron chi connectivity index (χ1n) is 15.3. The molecule has 0 bridgehead atoms. The molecule has 4 rings (SSSR count). The number of hydrogen-bond donors (Lipinski definition) is 1. The minimum atomic E-state index is -4.26. The maximum absolute atomic E-state index is 14.6. The maximum atomic E-state index is 14.6. The van der Waals surface area contributed by atoms with Gasteiger partial charge in [-0.2, -0.15) is 0 Å². The van der Waals surface area contributed by atoms with Crippen LogP contribution < -0.4 is 14.4 Å². The summed E-state index contributed by atoms with van der Waals surface area (Å²) in [6.45, 7) is 3.85. The standard InChI is InChI=1S/C36H39BrClN3O5S/c1-4-5-21-39-36(43)33(22-27-9-7-6-8-10-27)40(24-28-13-15-29(37)16-14-28)35(42)25-41(30-17-20-34(46-3)32(38)23-30)47(44,45)31-18-11-26(2)12-19-31/h6-20,23,33H,4-5,21-22,24-25H2,1-3H3,(H,39,43)/t33-/m1/s1. The van der Waals surface area contributed by atoms with E-state index in [4.69, 9.17) is 16.3 Å². The van der Waals surface area contributed by atoms with Crippen molar-refractivity contribution in [2.45, 2.75) is 50.6 Å². The van der Waals surface area contributed by atoms with Gasteiger partial charge in [-0.25, -0.2) is 8.42 Å². The Kier molecular flexibility index (Phi) is 12.9. The third-order valence-electron chi connectivity index (χ3n) is 7.68. The predicted octanol–water partition coefficient (Wildman–Crippen LogP) is 7.17. The second-order valence-corrected chi connectivity index (χ2v) is 14.3. The number of carbonyl (C=O) groups is 2. The van der Waals surface area contributed by atoms with Crippen LogP contribution in [0.1, 0.15) is 36.5 Å². The monoisotopic (exact) mass is 739 g/mol. The molecular formula is C36H39BrClN3O5S. The number of carbonyl (C=O) groups excluding carboxylic acids is 2. The Balaban J connectivity index is 1.81. The lowest BCUT2D eigenvalue weighted by Crippen LogP contribution is -2.53. The molecule has 0 aliphatic heterocycles. The van der Waals surface area contributed by atoms with Gasteiger partial charge in [-0.3, -0.25) is 13.9 Å². The Morgan fingerprint density at radius 3 is 2.23 bits per heavy atom. The van der Waals surface area contributed by atoms with Gasteiger partial charge in [0.1, 0.15) is 18.3 Å². The normalized spacial score (nSPS) is 11.9. The van der Waals surface area contributed by atoms with Crippen LogP contribution in [0, 0.1) is 6.92 Å². The molecule has 4 aromatic rings. The highest BCUT2D eigenvalue weighted by molar-refractivity contribution is 9.10. The number of unbranched alkanes of at least 4 members (excludes halogenated alkanes) is 1. The van der Waals surface area contributed by atoms with Crippen LogP contribution in [0.5, 0.6) is 5.75 Å². The van der Waals surface area contributed by atoms with Crippen molar-refractivity contribution in [3.63, 3.8) is 0 Å². The second kappa shape index (κ2) is 16.8. The fourth-order valence-corrected chi connectivity index (χ4v) is 6.95. The van der Waals surface area contributed by atoms with Gasteiger partial charge < -0.3 is 15.0 Å².